The maximum atomic E-state index is 11.9. The van der Waals surface area contributed by atoms with E-state index in [9.17, 15) is 4.79 Å². The number of morpholine rings is 1. The molecule has 0 unspecified atom stereocenters. The van der Waals surface area contributed by atoms with Crippen LogP contribution in [0.4, 0.5) is 5.69 Å². The standard InChI is InChI=1S/C12H18N4O2/c1-9-6-16-11(7-14(9)2)10(5-13-16)15-3-4-18-8-12(15)17/h5,9H,3-4,6-8H2,1-2H3/t9-/m0/s1. The van der Waals surface area contributed by atoms with E-state index in [-0.39, 0.29) is 12.5 Å². The molecule has 1 fully saturated rings. The monoisotopic (exact) mass is 250 g/mol. The van der Waals surface area contributed by atoms with E-state index in [0.29, 0.717) is 19.2 Å². The van der Waals surface area contributed by atoms with Crippen LogP contribution in [0, 0.1) is 0 Å². The van der Waals surface area contributed by atoms with Gasteiger partial charge in [0.2, 0.25) is 0 Å². The Morgan fingerprint density at radius 3 is 3.11 bits per heavy atom. The number of nitrogens with zero attached hydrogens (tertiary/aromatic N) is 4. The van der Waals surface area contributed by atoms with Crippen LogP contribution >= 0.6 is 0 Å². The number of aromatic nitrogens is 2. The normalized spacial score (nSPS) is 25.3. The van der Waals surface area contributed by atoms with Crippen LogP contribution in [0.25, 0.3) is 0 Å². The average molecular weight is 250 g/mol. The molecule has 0 saturated carbocycles. The molecule has 2 aliphatic rings. The Bertz CT molecular complexity index is 471. The number of ether oxygens (including phenoxy) is 1. The van der Waals surface area contributed by atoms with Crippen molar-refractivity contribution in [1.82, 2.24) is 14.7 Å². The van der Waals surface area contributed by atoms with Gasteiger partial charge in [-0.3, -0.25) is 14.4 Å². The lowest BCUT2D eigenvalue weighted by atomic mass is 10.2. The fraction of sp³-hybridized carbons (Fsp3) is 0.667. The van der Waals surface area contributed by atoms with E-state index >= 15 is 0 Å². The van der Waals surface area contributed by atoms with Crippen molar-refractivity contribution >= 4 is 11.6 Å². The van der Waals surface area contributed by atoms with E-state index in [2.05, 4.69) is 24.0 Å². The molecular weight excluding hydrogens is 232 g/mol. The van der Waals surface area contributed by atoms with Gasteiger partial charge in [0.15, 0.2) is 0 Å². The third-order valence-electron chi connectivity index (χ3n) is 3.79. The smallest absolute Gasteiger partial charge is 0.253 e. The second kappa shape index (κ2) is 4.37. The summed E-state index contributed by atoms with van der Waals surface area (Å²) in [5, 5.41) is 4.41. The van der Waals surface area contributed by atoms with Gasteiger partial charge in [-0.05, 0) is 14.0 Å². The second-order valence-corrected chi connectivity index (χ2v) is 5.02. The Kier molecular flexibility index (Phi) is 2.83. The predicted molar refractivity (Wildman–Crippen MR) is 66.3 cm³/mol. The maximum Gasteiger partial charge on any atom is 0.253 e. The first kappa shape index (κ1) is 11.7. The van der Waals surface area contributed by atoms with Crippen molar-refractivity contribution in [2.45, 2.75) is 26.1 Å². The SMILES string of the molecule is C[C@H]1Cn2ncc(N3CCOCC3=O)c2CN1C. The Morgan fingerprint density at radius 2 is 2.33 bits per heavy atom. The molecule has 1 atom stereocenters. The molecule has 98 valence electrons. The summed E-state index contributed by atoms with van der Waals surface area (Å²) in [5.74, 6) is 0.0262. The minimum atomic E-state index is 0.0262. The maximum absolute atomic E-state index is 11.9. The molecule has 0 aromatic carbocycles. The molecule has 1 aromatic rings. The zero-order valence-electron chi connectivity index (χ0n) is 10.8. The molecule has 2 aliphatic heterocycles. The minimum absolute atomic E-state index is 0.0262. The number of anilines is 1. The van der Waals surface area contributed by atoms with Crippen LogP contribution < -0.4 is 4.90 Å². The Labute approximate surface area is 106 Å². The van der Waals surface area contributed by atoms with Crippen molar-refractivity contribution in [3.8, 4) is 0 Å². The summed E-state index contributed by atoms with van der Waals surface area (Å²) < 4.78 is 7.18. The van der Waals surface area contributed by atoms with E-state index in [1.807, 2.05) is 10.9 Å². The first-order chi connectivity index (χ1) is 8.66. The van der Waals surface area contributed by atoms with Crippen LogP contribution in [0.1, 0.15) is 12.6 Å². The summed E-state index contributed by atoms with van der Waals surface area (Å²) in [5.41, 5.74) is 2.08. The van der Waals surface area contributed by atoms with Crippen molar-refractivity contribution in [1.29, 1.82) is 0 Å². The number of carbonyl (C=O) groups is 1. The van der Waals surface area contributed by atoms with Crippen molar-refractivity contribution in [2.24, 2.45) is 0 Å². The number of carbonyl (C=O) groups excluding carboxylic acids is 1. The zero-order chi connectivity index (χ0) is 12.7. The molecular formula is C12H18N4O2. The van der Waals surface area contributed by atoms with Crippen LogP contribution in [0.2, 0.25) is 0 Å². The zero-order valence-corrected chi connectivity index (χ0v) is 10.8. The molecule has 6 heteroatoms. The van der Waals surface area contributed by atoms with E-state index < -0.39 is 0 Å². The van der Waals surface area contributed by atoms with Crippen LogP contribution in [-0.2, 0) is 22.6 Å². The summed E-state index contributed by atoms with van der Waals surface area (Å²) in [6.07, 6.45) is 1.81. The highest BCUT2D eigenvalue weighted by Gasteiger charge is 2.29. The van der Waals surface area contributed by atoms with Crippen molar-refractivity contribution in [3.63, 3.8) is 0 Å². The van der Waals surface area contributed by atoms with Gasteiger partial charge in [-0.15, -0.1) is 0 Å². The lowest BCUT2D eigenvalue weighted by Crippen LogP contribution is -2.43. The first-order valence-corrected chi connectivity index (χ1v) is 6.30. The minimum Gasteiger partial charge on any atom is -0.370 e. The van der Waals surface area contributed by atoms with Crippen LogP contribution in [0.15, 0.2) is 6.20 Å². The number of amides is 1. The molecule has 3 heterocycles. The lowest BCUT2D eigenvalue weighted by molar-refractivity contribution is -0.125. The van der Waals surface area contributed by atoms with Crippen LogP contribution in [0.5, 0.6) is 0 Å². The van der Waals surface area contributed by atoms with E-state index in [1.165, 1.54) is 0 Å². The fourth-order valence-electron chi connectivity index (χ4n) is 2.50. The highest BCUT2D eigenvalue weighted by Crippen LogP contribution is 2.26. The van der Waals surface area contributed by atoms with Gasteiger partial charge in [-0.1, -0.05) is 0 Å². The number of hydrogen-bond acceptors (Lipinski definition) is 4. The summed E-state index contributed by atoms with van der Waals surface area (Å²) in [4.78, 5) is 16.0. The Hall–Kier alpha value is -1.40. The molecule has 6 nitrogen and oxygen atoms in total. The molecule has 1 saturated heterocycles. The van der Waals surface area contributed by atoms with Gasteiger partial charge in [0.25, 0.3) is 5.91 Å². The van der Waals surface area contributed by atoms with Gasteiger partial charge >= 0.3 is 0 Å². The molecule has 0 bridgehead atoms. The first-order valence-electron chi connectivity index (χ1n) is 6.30. The largest absolute Gasteiger partial charge is 0.370 e. The molecule has 0 spiro atoms. The fourth-order valence-corrected chi connectivity index (χ4v) is 2.50. The van der Waals surface area contributed by atoms with E-state index in [0.717, 1.165) is 24.5 Å². The molecule has 18 heavy (non-hydrogen) atoms. The Morgan fingerprint density at radius 1 is 1.50 bits per heavy atom. The lowest BCUT2D eigenvalue weighted by Gasteiger charge is -2.33. The molecule has 1 amide bonds. The summed E-state index contributed by atoms with van der Waals surface area (Å²) >= 11 is 0. The third kappa shape index (κ3) is 1.81. The number of hydrogen-bond donors (Lipinski definition) is 0. The number of fused-ring (bicyclic) bond motifs is 1. The van der Waals surface area contributed by atoms with E-state index in [1.54, 1.807) is 4.90 Å². The van der Waals surface area contributed by atoms with Crippen molar-refractivity contribution in [3.05, 3.63) is 11.9 Å². The number of rotatable bonds is 1. The summed E-state index contributed by atoms with van der Waals surface area (Å²) in [6.45, 7) is 5.30. The molecule has 0 aliphatic carbocycles. The summed E-state index contributed by atoms with van der Waals surface area (Å²) in [6, 6.07) is 0.477. The molecule has 3 rings (SSSR count). The van der Waals surface area contributed by atoms with Crippen LogP contribution in [0.3, 0.4) is 0 Å². The average Bonchev–Trinajstić information content (AvgIpc) is 2.73. The van der Waals surface area contributed by atoms with Gasteiger partial charge in [0, 0.05) is 19.1 Å². The van der Waals surface area contributed by atoms with Gasteiger partial charge in [0.1, 0.15) is 6.61 Å². The second-order valence-electron chi connectivity index (χ2n) is 5.02. The molecule has 0 radical (unpaired) electrons. The van der Waals surface area contributed by atoms with Crippen LogP contribution in [-0.4, -0.2) is 53.4 Å². The van der Waals surface area contributed by atoms with Crippen molar-refractivity contribution in [2.75, 3.05) is 31.7 Å². The van der Waals surface area contributed by atoms with Gasteiger partial charge in [-0.2, -0.15) is 5.10 Å². The van der Waals surface area contributed by atoms with E-state index in [4.69, 9.17) is 4.74 Å². The van der Waals surface area contributed by atoms with Gasteiger partial charge < -0.3 is 9.64 Å². The Balaban J connectivity index is 1.92. The molecule has 1 aromatic heterocycles. The third-order valence-corrected chi connectivity index (χ3v) is 3.79. The quantitative estimate of drug-likeness (QED) is 0.708. The van der Waals surface area contributed by atoms with Gasteiger partial charge in [0.05, 0.1) is 30.7 Å². The number of likely N-dealkylation sites (N-methyl/N-ethyl adjacent to an activating group) is 1. The highest BCUT2D eigenvalue weighted by atomic mass is 16.5. The topological polar surface area (TPSA) is 50.6 Å². The van der Waals surface area contributed by atoms with Crippen molar-refractivity contribution < 1.29 is 9.53 Å². The summed E-state index contributed by atoms with van der Waals surface area (Å²) in [7, 11) is 2.10. The molecule has 0 N–H and O–H groups in total. The highest BCUT2D eigenvalue weighted by molar-refractivity contribution is 5.95. The van der Waals surface area contributed by atoms with Gasteiger partial charge in [-0.25, -0.2) is 0 Å². The predicted octanol–water partition coefficient (Wildman–Crippen LogP) is 0.0802.